The third kappa shape index (κ3) is 2.87. The molecule has 0 N–H and O–H groups in total. The molecule has 4 heterocycles. The lowest BCUT2D eigenvalue weighted by Gasteiger charge is -2.37. The molecule has 4 rings (SSSR count). The van der Waals surface area contributed by atoms with Crippen LogP contribution in [0.25, 0.3) is 5.78 Å². The third-order valence-corrected chi connectivity index (χ3v) is 5.22. The maximum absolute atomic E-state index is 12.8. The Balaban J connectivity index is 1.43. The summed E-state index contributed by atoms with van der Waals surface area (Å²) in [6.07, 6.45) is 1.84. The molecule has 138 valence electrons. The van der Waals surface area contributed by atoms with E-state index in [1.807, 2.05) is 24.8 Å². The van der Waals surface area contributed by atoms with Crippen LogP contribution in [0, 0.1) is 12.8 Å². The topological polar surface area (TPSA) is 86.9 Å². The van der Waals surface area contributed by atoms with Crippen LogP contribution in [-0.4, -0.2) is 80.5 Å². The number of carbonyl (C=O) groups excluding carboxylic acids is 2. The van der Waals surface area contributed by atoms with Gasteiger partial charge in [-0.1, -0.05) is 0 Å². The number of aromatic nitrogens is 4. The summed E-state index contributed by atoms with van der Waals surface area (Å²) in [7, 11) is 0. The van der Waals surface area contributed by atoms with Gasteiger partial charge in [-0.25, -0.2) is 4.98 Å². The van der Waals surface area contributed by atoms with Gasteiger partial charge in [-0.15, -0.1) is 0 Å². The van der Waals surface area contributed by atoms with E-state index in [1.165, 1.54) is 6.33 Å². The standard InChI is InChI=1S/C17H23N7O2/c1-3-21-10-13(9-15(21)25)16(26)23-6-4-22(5-7-23)14-8-12(2)20-17-18-11-19-24(14)17/h8,11,13H,3-7,9-10H2,1-2H3. The van der Waals surface area contributed by atoms with Gasteiger partial charge in [0.1, 0.15) is 12.1 Å². The van der Waals surface area contributed by atoms with Gasteiger partial charge in [0.25, 0.3) is 5.78 Å². The third-order valence-electron chi connectivity index (χ3n) is 5.22. The highest BCUT2D eigenvalue weighted by Gasteiger charge is 2.36. The highest BCUT2D eigenvalue weighted by atomic mass is 16.2. The van der Waals surface area contributed by atoms with Crippen LogP contribution < -0.4 is 4.90 Å². The average Bonchev–Trinajstić information content (AvgIpc) is 3.26. The van der Waals surface area contributed by atoms with E-state index in [9.17, 15) is 9.59 Å². The SMILES string of the molecule is CCN1CC(C(=O)N2CCN(c3cc(C)nc4ncnn34)CC2)CC1=O. The molecule has 2 aromatic rings. The Morgan fingerprint density at radius 1 is 1.27 bits per heavy atom. The van der Waals surface area contributed by atoms with Crippen molar-refractivity contribution in [2.24, 2.45) is 5.92 Å². The zero-order chi connectivity index (χ0) is 18.3. The van der Waals surface area contributed by atoms with Crippen LogP contribution in [0.2, 0.25) is 0 Å². The molecule has 0 saturated carbocycles. The number of carbonyl (C=O) groups is 2. The Hall–Kier alpha value is -2.71. The van der Waals surface area contributed by atoms with Crippen LogP contribution in [-0.2, 0) is 9.59 Å². The maximum atomic E-state index is 12.8. The summed E-state index contributed by atoms with van der Waals surface area (Å²) in [6.45, 7) is 7.86. The van der Waals surface area contributed by atoms with Crippen molar-refractivity contribution in [3.63, 3.8) is 0 Å². The van der Waals surface area contributed by atoms with Gasteiger partial charge in [0, 0.05) is 57.4 Å². The minimum Gasteiger partial charge on any atom is -0.353 e. The number of hydrogen-bond donors (Lipinski definition) is 0. The first-order valence-corrected chi connectivity index (χ1v) is 9.05. The lowest BCUT2D eigenvalue weighted by molar-refractivity contribution is -0.136. The van der Waals surface area contributed by atoms with Crippen molar-refractivity contribution < 1.29 is 9.59 Å². The molecule has 2 saturated heterocycles. The molecular weight excluding hydrogens is 334 g/mol. The van der Waals surface area contributed by atoms with Gasteiger partial charge in [0.2, 0.25) is 11.8 Å². The smallest absolute Gasteiger partial charge is 0.254 e. The molecule has 1 unspecified atom stereocenters. The Bertz CT molecular complexity index is 841. The fourth-order valence-electron chi connectivity index (χ4n) is 3.79. The van der Waals surface area contributed by atoms with Crippen LogP contribution in [0.5, 0.6) is 0 Å². The van der Waals surface area contributed by atoms with Crippen molar-refractivity contribution >= 4 is 23.4 Å². The number of piperazine rings is 1. The van der Waals surface area contributed by atoms with Crippen molar-refractivity contribution in [2.75, 3.05) is 44.2 Å². The van der Waals surface area contributed by atoms with E-state index in [0.29, 0.717) is 38.4 Å². The Morgan fingerprint density at radius 2 is 2.04 bits per heavy atom. The summed E-state index contributed by atoms with van der Waals surface area (Å²) in [5.74, 6) is 1.53. The molecular formula is C17H23N7O2. The number of likely N-dealkylation sites (tertiary alicyclic amines) is 1. The summed E-state index contributed by atoms with van der Waals surface area (Å²) >= 11 is 0. The lowest BCUT2D eigenvalue weighted by Crippen LogP contribution is -2.51. The first-order valence-electron chi connectivity index (χ1n) is 9.05. The van der Waals surface area contributed by atoms with Crippen molar-refractivity contribution in [2.45, 2.75) is 20.3 Å². The van der Waals surface area contributed by atoms with Crippen molar-refractivity contribution in [3.05, 3.63) is 18.1 Å². The van der Waals surface area contributed by atoms with Gasteiger partial charge in [0.05, 0.1) is 5.92 Å². The number of anilines is 1. The van der Waals surface area contributed by atoms with Gasteiger partial charge in [-0.05, 0) is 13.8 Å². The van der Waals surface area contributed by atoms with Crippen LogP contribution in [0.4, 0.5) is 5.82 Å². The van der Waals surface area contributed by atoms with E-state index in [1.54, 1.807) is 9.42 Å². The maximum Gasteiger partial charge on any atom is 0.254 e. The molecule has 1 atom stereocenters. The van der Waals surface area contributed by atoms with Crippen LogP contribution in [0.1, 0.15) is 19.0 Å². The number of hydrogen-bond acceptors (Lipinski definition) is 6. The minimum absolute atomic E-state index is 0.0883. The quantitative estimate of drug-likeness (QED) is 0.765. The molecule has 9 nitrogen and oxygen atoms in total. The molecule has 26 heavy (non-hydrogen) atoms. The summed E-state index contributed by atoms with van der Waals surface area (Å²) in [5.41, 5.74) is 0.892. The summed E-state index contributed by atoms with van der Waals surface area (Å²) in [4.78, 5) is 39.1. The van der Waals surface area contributed by atoms with E-state index >= 15 is 0 Å². The van der Waals surface area contributed by atoms with E-state index < -0.39 is 0 Å². The number of aryl methyl sites for hydroxylation is 1. The van der Waals surface area contributed by atoms with Crippen LogP contribution in [0.15, 0.2) is 12.4 Å². The molecule has 9 heteroatoms. The second kappa shape index (κ2) is 6.54. The number of amides is 2. The summed E-state index contributed by atoms with van der Waals surface area (Å²) < 4.78 is 1.74. The van der Waals surface area contributed by atoms with Crippen LogP contribution in [0.3, 0.4) is 0 Å². The highest BCUT2D eigenvalue weighted by molar-refractivity contribution is 5.89. The fraction of sp³-hybridized carbons (Fsp3) is 0.588. The minimum atomic E-state index is -0.195. The first kappa shape index (κ1) is 16.7. The highest BCUT2D eigenvalue weighted by Crippen LogP contribution is 2.22. The molecule has 2 aliphatic heterocycles. The molecule has 0 aliphatic carbocycles. The van der Waals surface area contributed by atoms with E-state index in [-0.39, 0.29) is 17.7 Å². The predicted octanol–water partition coefficient (Wildman–Crippen LogP) is -0.0503. The Kier molecular flexibility index (Phi) is 4.21. The first-order chi connectivity index (χ1) is 12.6. The van der Waals surface area contributed by atoms with Gasteiger partial charge in [0.15, 0.2) is 0 Å². The molecule has 0 spiro atoms. The number of rotatable bonds is 3. The zero-order valence-electron chi connectivity index (χ0n) is 15.1. The van der Waals surface area contributed by atoms with Crippen molar-refractivity contribution in [1.82, 2.24) is 29.4 Å². The molecule has 2 aliphatic rings. The van der Waals surface area contributed by atoms with Gasteiger partial charge in [-0.3, -0.25) is 9.59 Å². The normalized spacial score (nSPS) is 21.1. The molecule has 0 bridgehead atoms. The van der Waals surface area contributed by atoms with E-state index in [0.717, 1.165) is 24.6 Å². The van der Waals surface area contributed by atoms with Gasteiger partial charge < -0.3 is 14.7 Å². The summed E-state index contributed by atoms with van der Waals surface area (Å²) in [5, 5.41) is 4.26. The summed E-state index contributed by atoms with van der Waals surface area (Å²) in [6, 6.07) is 1.99. The molecule has 2 amide bonds. The van der Waals surface area contributed by atoms with Crippen LogP contribution >= 0.6 is 0 Å². The van der Waals surface area contributed by atoms with Crippen molar-refractivity contribution in [3.8, 4) is 0 Å². The molecule has 2 aromatic heterocycles. The second-order valence-corrected chi connectivity index (χ2v) is 6.87. The molecule has 0 aromatic carbocycles. The predicted molar refractivity (Wildman–Crippen MR) is 94.7 cm³/mol. The van der Waals surface area contributed by atoms with E-state index in [4.69, 9.17) is 0 Å². The number of nitrogens with zero attached hydrogens (tertiary/aromatic N) is 7. The Labute approximate surface area is 151 Å². The number of fused-ring (bicyclic) bond motifs is 1. The Morgan fingerprint density at radius 3 is 2.73 bits per heavy atom. The monoisotopic (exact) mass is 357 g/mol. The van der Waals surface area contributed by atoms with Gasteiger partial charge in [-0.2, -0.15) is 14.6 Å². The largest absolute Gasteiger partial charge is 0.353 e. The second-order valence-electron chi connectivity index (χ2n) is 6.87. The fourth-order valence-corrected chi connectivity index (χ4v) is 3.79. The molecule has 2 fully saturated rings. The van der Waals surface area contributed by atoms with Gasteiger partial charge >= 0.3 is 0 Å². The molecule has 0 radical (unpaired) electrons. The average molecular weight is 357 g/mol. The van der Waals surface area contributed by atoms with Crippen molar-refractivity contribution in [1.29, 1.82) is 0 Å². The lowest BCUT2D eigenvalue weighted by atomic mass is 10.1. The zero-order valence-corrected chi connectivity index (χ0v) is 15.1. The van der Waals surface area contributed by atoms with E-state index in [2.05, 4.69) is 20.0 Å².